The Morgan fingerprint density at radius 2 is 1.04 bits per heavy atom. The topological polar surface area (TPSA) is 21.3 Å². The number of fused-ring (bicyclic) bond motifs is 12. The first kappa shape index (κ1) is 38.1. The molecule has 0 aliphatic heterocycles. The van der Waals surface area contributed by atoms with E-state index in [1.165, 1.54) is 69.8 Å². The van der Waals surface area contributed by atoms with E-state index in [9.17, 15) is 0 Å². The van der Waals surface area contributed by atoms with Gasteiger partial charge in [-0.15, -0.1) is 11.3 Å². The molecule has 0 amide bonds. The Morgan fingerprint density at radius 1 is 0.433 bits per heavy atom. The Balaban J connectivity index is 0.983. The number of para-hydroxylation sites is 4. The van der Waals surface area contributed by atoms with E-state index in [0.29, 0.717) is 0 Å². The molecular weight excluding hydrogens is 833 g/mol. The highest BCUT2D eigenvalue weighted by Crippen LogP contribution is 2.52. The number of hydrogen-bond donors (Lipinski definition) is 0. The number of furan rings is 1. The summed E-state index contributed by atoms with van der Waals surface area (Å²) < 4.78 is 12.0. The molecule has 0 bridgehead atoms. The van der Waals surface area contributed by atoms with Crippen molar-refractivity contribution in [3.63, 3.8) is 0 Å². The summed E-state index contributed by atoms with van der Waals surface area (Å²) in [7, 11) is 0. The predicted octanol–water partition coefficient (Wildman–Crippen LogP) is 18.2. The average molecular weight is 875 g/mol. The third-order valence-corrected chi connectivity index (χ3v) is 15.6. The van der Waals surface area contributed by atoms with E-state index >= 15 is 0 Å². The molecule has 316 valence electrons. The van der Waals surface area contributed by atoms with Gasteiger partial charge in [0, 0.05) is 64.2 Å². The van der Waals surface area contributed by atoms with Crippen molar-refractivity contribution in [2.75, 3.05) is 4.90 Å². The molecule has 10 aromatic carbocycles. The molecule has 1 aliphatic rings. The van der Waals surface area contributed by atoms with Crippen LogP contribution in [0.25, 0.3) is 103 Å². The number of hydrogen-bond acceptors (Lipinski definition) is 3. The van der Waals surface area contributed by atoms with Crippen LogP contribution in [0.2, 0.25) is 0 Å². The van der Waals surface area contributed by atoms with Crippen molar-refractivity contribution in [3.8, 4) is 39.1 Å². The summed E-state index contributed by atoms with van der Waals surface area (Å²) >= 11 is 1.85. The molecule has 3 nitrogen and oxygen atoms in total. The Labute approximate surface area is 392 Å². The van der Waals surface area contributed by atoms with E-state index in [1.807, 2.05) is 11.3 Å². The average Bonchev–Trinajstić information content (AvgIpc) is 4.11. The molecule has 0 unspecified atom stereocenters. The van der Waals surface area contributed by atoms with E-state index in [1.54, 1.807) is 0 Å². The number of nitrogens with zero attached hydrogens (tertiary/aromatic N) is 2. The third-order valence-electron chi connectivity index (χ3n) is 14.4. The van der Waals surface area contributed by atoms with Crippen LogP contribution >= 0.6 is 11.3 Å². The molecule has 4 heteroatoms. The van der Waals surface area contributed by atoms with Gasteiger partial charge < -0.3 is 13.9 Å². The van der Waals surface area contributed by atoms with Gasteiger partial charge in [0.05, 0.1) is 27.8 Å². The van der Waals surface area contributed by atoms with Crippen molar-refractivity contribution in [1.82, 2.24) is 4.57 Å². The molecule has 3 heterocycles. The highest BCUT2D eigenvalue weighted by atomic mass is 32.1. The summed E-state index contributed by atoms with van der Waals surface area (Å²) in [5.41, 5.74) is 18.3. The zero-order valence-electron chi connectivity index (χ0n) is 37.0. The fourth-order valence-electron chi connectivity index (χ4n) is 11.3. The van der Waals surface area contributed by atoms with Crippen molar-refractivity contribution in [2.24, 2.45) is 0 Å². The molecule has 14 rings (SSSR count). The minimum Gasteiger partial charge on any atom is -0.455 e. The third kappa shape index (κ3) is 5.63. The van der Waals surface area contributed by atoms with Crippen LogP contribution in [0.5, 0.6) is 0 Å². The Morgan fingerprint density at radius 3 is 1.85 bits per heavy atom. The molecule has 0 N–H and O–H groups in total. The molecule has 1 aliphatic carbocycles. The van der Waals surface area contributed by atoms with Crippen molar-refractivity contribution < 1.29 is 4.42 Å². The number of thiophene rings is 1. The molecule has 0 saturated carbocycles. The molecular formula is C63H42N2OS. The van der Waals surface area contributed by atoms with E-state index in [-0.39, 0.29) is 5.41 Å². The SMILES string of the molecule is CC1(C)c2ccccc2-c2ccc(-c3ccccc3N(c3ccc4sc5ccccc5c4c3)c3ccc(-c4ccc(-n5c6ccccc6c6ccccc65)cc4)c4oc5ccccc5c34)cc21. The zero-order valence-corrected chi connectivity index (χ0v) is 37.8. The van der Waals surface area contributed by atoms with E-state index in [2.05, 4.69) is 242 Å². The largest absolute Gasteiger partial charge is 0.455 e. The summed E-state index contributed by atoms with van der Waals surface area (Å²) in [5, 5.41) is 7.20. The first-order valence-corrected chi connectivity index (χ1v) is 23.9. The van der Waals surface area contributed by atoms with Gasteiger partial charge >= 0.3 is 0 Å². The maximum atomic E-state index is 7.02. The highest BCUT2D eigenvalue weighted by molar-refractivity contribution is 7.25. The van der Waals surface area contributed by atoms with Crippen molar-refractivity contribution in [3.05, 3.63) is 230 Å². The van der Waals surface area contributed by atoms with Crippen LogP contribution in [-0.2, 0) is 5.41 Å². The van der Waals surface area contributed by atoms with Crippen LogP contribution in [0, 0.1) is 0 Å². The van der Waals surface area contributed by atoms with Crippen LogP contribution in [0.15, 0.2) is 223 Å². The standard InChI is InChI=1S/C63H42N2OS/c1-63(2)52-21-9-3-16-45(52)46-33-29-40(37-53(46)63)43-15-4-10-22-54(43)65(42-32-36-60-51(38-42)49-19-8-14-26-59(49)67-60)57-35-34-44(62-61(57)50-20-7-13-25-58(50)66-62)39-27-30-41(31-28-39)64-55-23-11-5-17-47(55)48-18-6-12-24-56(48)64/h3-38H,1-2H3. The Bertz CT molecular complexity index is 4090. The van der Waals surface area contributed by atoms with Gasteiger partial charge in [-0.05, 0) is 112 Å². The Hall–Kier alpha value is -8.18. The predicted molar refractivity (Wildman–Crippen MR) is 284 cm³/mol. The lowest BCUT2D eigenvalue weighted by atomic mass is 9.81. The molecule has 0 saturated heterocycles. The number of aromatic nitrogens is 1. The lowest BCUT2D eigenvalue weighted by Gasteiger charge is -2.29. The second-order valence-corrected chi connectivity index (χ2v) is 19.5. The summed E-state index contributed by atoms with van der Waals surface area (Å²) in [6, 6.07) is 80.1. The summed E-state index contributed by atoms with van der Waals surface area (Å²) in [4.78, 5) is 2.48. The highest BCUT2D eigenvalue weighted by Gasteiger charge is 2.35. The lowest BCUT2D eigenvalue weighted by Crippen LogP contribution is -2.15. The number of rotatable bonds is 6. The van der Waals surface area contributed by atoms with Crippen molar-refractivity contribution in [1.29, 1.82) is 0 Å². The summed E-state index contributed by atoms with van der Waals surface area (Å²) in [6.45, 7) is 4.72. The van der Waals surface area contributed by atoms with Crippen LogP contribution in [0.3, 0.4) is 0 Å². The second-order valence-electron chi connectivity index (χ2n) is 18.4. The van der Waals surface area contributed by atoms with E-state index in [0.717, 1.165) is 61.4 Å². The fraction of sp³-hybridized carbons (Fsp3) is 0.0476. The number of anilines is 3. The van der Waals surface area contributed by atoms with Gasteiger partial charge in [-0.1, -0.05) is 153 Å². The van der Waals surface area contributed by atoms with Gasteiger partial charge in [-0.3, -0.25) is 0 Å². The van der Waals surface area contributed by atoms with Crippen LogP contribution < -0.4 is 4.90 Å². The van der Waals surface area contributed by atoms with E-state index < -0.39 is 0 Å². The molecule has 13 aromatic rings. The molecule has 0 fully saturated rings. The Kier molecular flexibility index (Phi) is 8.20. The maximum absolute atomic E-state index is 7.02. The molecule has 0 radical (unpaired) electrons. The van der Waals surface area contributed by atoms with E-state index in [4.69, 9.17) is 4.42 Å². The monoisotopic (exact) mass is 874 g/mol. The fourth-order valence-corrected chi connectivity index (χ4v) is 12.3. The molecule has 3 aromatic heterocycles. The normalized spacial score (nSPS) is 13.0. The first-order chi connectivity index (χ1) is 33.0. The second kappa shape index (κ2) is 14.4. The molecule has 0 atom stereocenters. The number of benzene rings is 10. The van der Waals surface area contributed by atoms with Crippen LogP contribution in [0.4, 0.5) is 17.1 Å². The van der Waals surface area contributed by atoms with Crippen LogP contribution in [-0.4, -0.2) is 4.57 Å². The maximum Gasteiger partial charge on any atom is 0.145 e. The smallest absolute Gasteiger partial charge is 0.145 e. The van der Waals surface area contributed by atoms with Crippen molar-refractivity contribution in [2.45, 2.75) is 19.3 Å². The van der Waals surface area contributed by atoms with Gasteiger partial charge in [0.1, 0.15) is 11.2 Å². The zero-order chi connectivity index (χ0) is 44.4. The summed E-state index contributed by atoms with van der Waals surface area (Å²) in [6.07, 6.45) is 0. The first-order valence-electron chi connectivity index (χ1n) is 23.1. The minimum atomic E-state index is -0.124. The lowest BCUT2D eigenvalue weighted by molar-refractivity contribution is 0.660. The van der Waals surface area contributed by atoms with Gasteiger partial charge in [0.2, 0.25) is 0 Å². The van der Waals surface area contributed by atoms with Crippen LogP contribution in [0.1, 0.15) is 25.0 Å². The quantitative estimate of drug-likeness (QED) is 0.166. The van der Waals surface area contributed by atoms with Gasteiger partial charge in [0.25, 0.3) is 0 Å². The molecule has 0 spiro atoms. The van der Waals surface area contributed by atoms with Gasteiger partial charge in [0.15, 0.2) is 0 Å². The van der Waals surface area contributed by atoms with Gasteiger partial charge in [-0.2, -0.15) is 0 Å². The van der Waals surface area contributed by atoms with Gasteiger partial charge in [-0.25, -0.2) is 0 Å². The molecule has 67 heavy (non-hydrogen) atoms. The van der Waals surface area contributed by atoms with Crippen molar-refractivity contribution >= 4 is 92.3 Å². The minimum absolute atomic E-state index is 0.124. The summed E-state index contributed by atoms with van der Waals surface area (Å²) in [5.74, 6) is 0.